The zero-order valence-corrected chi connectivity index (χ0v) is 11.2. The van der Waals surface area contributed by atoms with Crippen molar-refractivity contribution in [2.24, 2.45) is 0 Å². The van der Waals surface area contributed by atoms with Crippen LogP contribution in [0.4, 0.5) is 4.39 Å². The number of hydrogen-bond donors (Lipinski definition) is 1. The summed E-state index contributed by atoms with van der Waals surface area (Å²) in [5, 5.41) is 0.865. The fourth-order valence-corrected chi connectivity index (χ4v) is 2.56. The van der Waals surface area contributed by atoms with E-state index in [1.54, 1.807) is 12.3 Å². The van der Waals surface area contributed by atoms with Gasteiger partial charge in [-0.25, -0.2) is 9.37 Å². The van der Waals surface area contributed by atoms with E-state index in [4.69, 9.17) is 0 Å². The standard InChI is InChI=1S/C17H12FN3/c18-12-6-7-13-14(9-12)19-10-15-17(13)21-16(20-15)8-11-4-2-1-3-5-11/h1-7,9-10H,8H2,(H,20,21). The minimum Gasteiger partial charge on any atom is -0.340 e. The van der Waals surface area contributed by atoms with E-state index in [1.807, 2.05) is 18.2 Å². The van der Waals surface area contributed by atoms with Gasteiger partial charge in [-0.1, -0.05) is 30.3 Å². The van der Waals surface area contributed by atoms with Crippen molar-refractivity contribution >= 4 is 21.9 Å². The van der Waals surface area contributed by atoms with Gasteiger partial charge in [0.25, 0.3) is 0 Å². The van der Waals surface area contributed by atoms with Gasteiger partial charge in [0.1, 0.15) is 11.6 Å². The maximum Gasteiger partial charge on any atom is 0.125 e. The number of fused-ring (bicyclic) bond motifs is 3. The predicted molar refractivity (Wildman–Crippen MR) is 80.6 cm³/mol. The lowest BCUT2D eigenvalue weighted by molar-refractivity contribution is 0.629. The Bertz CT molecular complexity index is 929. The molecule has 0 fully saturated rings. The van der Waals surface area contributed by atoms with Gasteiger partial charge in [-0.2, -0.15) is 0 Å². The van der Waals surface area contributed by atoms with E-state index in [0.717, 1.165) is 28.7 Å². The molecule has 0 amide bonds. The van der Waals surface area contributed by atoms with E-state index in [9.17, 15) is 4.39 Å². The van der Waals surface area contributed by atoms with Crippen molar-refractivity contribution in [1.29, 1.82) is 0 Å². The molecule has 0 saturated heterocycles. The average Bonchev–Trinajstić information content (AvgIpc) is 2.90. The predicted octanol–water partition coefficient (Wildman–Crippen LogP) is 3.84. The Labute approximate surface area is 120 Å². The molecule has 0 spiro atoms. The van der Waals surface area contributed by atoms with Crippen LogP contribution < -0.4 is 0 Å². The molecule has 0 unspecified atom stereocenters. The first-order valence-electron chi connectivity index (χ1n) is 6.76. The van der Waals surface area contributed by atoms with Crippen LogP contribution in [-0.4, -0.2) is 15.0 Å². The number of H-pyrrole nitrogens is 1. The van der Waals surface area contributed by atoms with Crippen molar-refractivity contribution < 1.29 is 4.39 Å². The molecule has 2 aromatic heterocycles. The molecule has 0 aliphatic carbocycles. The summed E-state index contributed by atoms with van der Waals surface area (Å²) in [6, 6.07) is 14.8. The lowest BCUT2D eigenvalue weighted by Crippen LogP contribution is -1.89. The van der Waals surface area contributed by atoms with Gasteiger partial charge in [0.2, 0.25) is 0 Å². The molecule has 3 nitrogen and oxygen atoms in total. The van der Waals surface area contributed by atoms with E-state index in [-0.39, 0.29) is 5.82 Å². The number of nitrogens with one attached hydrogen (secondary N) is 1. The summed E-state index contributed by atoms with van der Waals surface area (Å²) in [6.07, 6.45) is 2.44. The highest BCUT2D eigenvalue weighted by molar-refractivity contribution is 6.01. The summed E-state index contributed by atoms with van der Waals surface area (Å²) >= 11 is 0. The molecule has 0 aliphatic rings. The zero-order valence-electron chi connectivity index (χ0n) is 11.2. The number of hydrogen-bond acceptors (Lipinski definition) is 2. The highest BCUT2D eigenvalue weighted by Crippen LogP contribution is 2.23. The van der Waals surface area contributed by atoms with Gasteiger partial charge in [-0.05, 0) is 17.7 Å². The first kappa shape index (κ1) is 12.0. The second kappa shape index (κ2) is 4.66. The second-order valence-corrected chi connectivity index (χ2v) is 5.03. The van der Waals surface area contributed by atoms with Gasteiger partial charge in [-0.15, -0.1) is 0 Å². The molecule has 2 aromatic carbocycles. The van der Waals surface area contributed by atoms with Crippen LogP contribution in [0.1, 0.15) is 11.4 Å². The number of pyridine rings is 1. The summed E-state index contributed by atoms with van der Waals surface area (Å²) in [5.41, 5.74) is 3.53. The minimum atomic E-state index is -0.283. The third-order valence-electron chi connectivity index (χ3n) is 3.54. The van der Waals surface area contributed by atoms with Gasteiger partial charge in [0.15, 0.2) is 0 Å². The number of aromatic nitrogens is 3. The van der Waals surface area contributed by atoms with Crippen molar-refractivity contribution in [3.8, 4) is 0 Å². The number of nitrogens with zero attached hydrogens (tertiary/aromatic N) is 2. The first-order chi connectivity index (χ1) is 10.3. The summed E-state index contributed by atoms with van der Waals surface area (Å²) in [4.78, 5) is 12.2. The van der Waals surface area contributed by atoms with E-state index in [2.05, 4.69) is 27.1 Å². The molecular formula is C17H12FN3. The van der Waals surface area contributed by atoms with Gasteiger partial charge in [0, 0.05) is 17.9 Å². The molecule has 0 atom stereocenters. The van der Waals surface area contributed by atoms with Gasteiger partial charge in [-0.3, -0.25) is 4.98 Å². The molecule has 0 radical (unpaired) electrons. The normalized spacial score (nSPS) is 11.3. The van der Waals surface area contributed by atoms with Crippen molar-refractivity contribution in [2.75, 3.05) is 0 Å². The Balaban J connectivity index is 1.84. The molecule has 0 saturated carbocycles. The summed E-state index contributed by atoms with van der Waals surface area (Å²) < 4.78 is 13.3. The highest BCUT2D eigenvalue weighted by atomic mass is 19.1. The second-order valence-electron chi connectivity index (χ2n) is 5.03. The number of benzene rings is 2. The Morgan fingerprint density at radius 3 is 2.76 bits per heavy atom. The van der Waals surface area contributed by atoms with Crippen molar-refractivity contribution in [3.05, 3.63) is 71.9 Å². The summed E-state index contributed by atoms with van der Waals surface area (Å²) in [5.74, 6) is 0.601. The van der Waals surface area contributed by atoms with Crippen LogP contribution in [0.15, 0.2) is 54.7 Å². The average molecular weight is 277 g/mol. The lowest BCUT2D eigenvalue weighted by atomic mass is 10.1. The Morgan fingerprint density at radius 2 is 1.90 bits per heavy atom. The number of aromatic amines is 1. The molecular weight excluding hydrogens is 265 g/mol. The smallest absolute Gasteiger partial charge is 0.125 e. The molecule has 21 heavy (non-hydrogen) atoms. The van der Waals surface area contributed by atoms with Crippen LogP contribution in [0, 0.1) is 5.82 Å². The molecule has 0 bridgehead atoms. The molecule has 102 valence electrons. The van der Waals surface area contributed by atoms with Crippen LogP contribution >= 0.6 is 0 Å². The first-order valence-corrected chi connectivity index (χ1v) is 6.76. The van der Waals surface area contributed by atoms with Crippen LogP contribution in [-0.2, 0) is 6.42 Å². The fourth-order valence-electron chi connectivity index (χ4n) is 2.56. The maximum atomic E-state index is 13.3. The summed E-state index contributed by atoms with van der Waals surface area (Å²) in [7, 11) is 0. The van der Waals surface area contributed by atoms with Crippen molar-refractivity contribution in [1.82, 2.24) is 15.0 Å². The molecule has 4 rings (SSSR count). The van der Waals surface area contributed by atoms with Crippen LogP contribution in [0.25, 0.3) is 21.9 Å². The third kappa shape index (κ3) is 2.14. The van der Waals surface area contributed by atoms with Crippen molar-refractivity contribution in [2.45, 2.75) is 6.42 Å². The highest BCUT2D eigenvalue weighted by Gasteiger charge is 2.08. The SMILES string of the molecule is Fc1ccc2c(c1)ncc1[nH]c(Cc3ccccc3)nc12. The van der Waals surface area contributed by atoms with Gasteiger partial charge in [0.05, 0.1) is 22.7 Å². The Morgan fingerprint density at radius 1 is 1.05 bits per heavy atom. The fraction of sp³-hybridized carbons (Fsp3) is 0.0588. The molecule has 0 aliphatic heterocycles. The zero-order chi connectivity index (χ0) is 14.2. The topological polar surface area (TPSA) is 41.6 Å². The van der Waals surface area contributed by atoms with E-state index < -0.39 is 0 Å². The Hall–Kier alpha value is -2.75. The maximum absolute atomic E-state index is 13.3. The number of rotatable bonds is 2. The van der Waals surface area contributed by atoms with Crippen molar-refractivity contribution in [3.63, 3.8) is 0 Å². The largest absolute Gasteiger partial charge is 0.340 e. The van der Waals surface area contributed by atoms with E-state index in [1.165, 1.54) is 17.7 Å². The van der Waals surface area contributed by atoms with E-state index in [0.29, 0.717) is 5.52 Å². The third-order valence-corrected chi connectivity index (χ3v) is 3.54. The van der Waals surface area contributed by atoms with Crippen LogP contribution in [0.2, 0.25) is 0 Å². The lowest BCUT2D eigenvalue weighted by Gasteiger charge is -1.97. The molecule has 1 N–H and O–H groups in total. The van der Waals surface area contributed by atoms with Crippen LogP contribution in [0.5, 0.6) is 0 Å². The number of imidazole rings is 1. The molecule has 4 heteroatoms. The molecule has 2 heterocycles. The summed E-state index contributed by atoms with van der Waals surface area (Å²) in [6.45, 7) is 0. The minimum absolute atomic E-state index is 0.283. The monoisotopic (exact) mass is 277 g/mol. The van der Waals surface area contributed by atoms with Crippen LogP contribution in [0.3, 0.4) is 0 Å². The van der Waals surface area contributed by atoms with Gasteiger partial charge >= 0.3 is 0 Å². The molecule has 4 aromatic rings. The van der Waals surface area contributed by atoms with Gasteiger partial charge < -0.3 is 4.98 Å². The number of halogens is 1. The van der Waals surface area contributed by atoms with E-state index >= 15 is 0 Å². The Kier molecular flexibility index (Phi) is 2.67. The quantitative estimate of drug-likeness (QED) is 0.605.